The van der Waals surface area contributed by atoms with Gasteiger partial charge in [-0.2, -0.15) is 5.48 Å². The summed E-state index contributed by atoms with van der Waals surface area (Å²) in [6.07, 6.45) is 1.59. The fraction of sp³-hybridized carbons (Fsp3) is 0.333. The van der Waals surface area contributed by atoms with Crippen LogP contribution in [0.2, 0.25) is 0 Å². The third kappa shape index (κ3) is 2.07. The van der Waals surface area contributed by atoms with Gasteiger partial charge in [0.2, 0.25) is 0 Å². The van der Waals surface area contributed by atoms with E-state index in [0.29, 0.717) is 5.69 Å². The van der Waals surface area contributed by atoms with E-state index < -0.39 is 5.54 Å². The number of oxime groups is 1. The first kappa shape index (κ1) is 10.6. The zero-order chi connectivity index (χ0) is 10.6. The molecule has 5 heteroatoms. The molecule has 0 fully saturated rings. The summed E-state index contributed by atoms with van der Waals surface area (Å²) in [7, 11) is 0. The van der Waals surface area contributed by atoms with Crippen LogP contribution in [0.4, 0.5) is 0 Å². The van der Waals surface area contributed by atoms with E-state index in [4.69, 9.17) is 10.4 Å². The van der Waals surface area contributed by atoms with Crippen LogP contribution in [0, 0.1) is 0 Å². The Balaban J connectivity index is 3.07. The van der Waals surface area contributed by atoms with Crippen molar-refractivity contribution < 1.29 is 10.4 Å². The standard InChI is InChI=1S/C9H13N3O2/c1-9(2,12-14)8(11-13)7-5-3-4-6-10-7/h3-6,12-14H,1-2H3/b11-8+. The molecule has 0 saturated heterocycles. The highest BCUT2D eigenvalue weighted by Crippen LogP contribution is 2.11. The first-order chi connectivity index (χ1) is 6.61. The molecular formula is C9H13N3O2. The van der Waals surface area contributed by atoms with Gasteiger partial charge >= 0.3 is 0 Å². The Morgan fingerprint density at radius 3 is 2.64 bits per heavy atom. The summed E-state index contributed by atoms with van der Waals surface area (Å²) in [4.78, 5) is 4.02. The Morgan fingerprint density at radius 1 is 1.50 bits per heavy atom. The second-order valence-corrected chi connectivity index (χ2v) is 3.40. The van der Waals surface area contributed by atoms with Crippen LogP contribution in [0.3, 0.4) is 0 Å². The van der Waals surface area contributed by atoms with Crippen molar-refractivity contribution in [2.24, 2.45) is 5.16 Å². The third-order valence-electron chi connectivity index (χ3n) is 1.88. The average molecular weight is 195 g/mol. The van der Waals surface area contributed by atoms with Gasteiger partial charge < -0.3 is 10.4 Å². The number of hydroxylamine groups is 1. The molecule has 0 aliphatic carbocycles. The number of nitrogens with zero attached hydrogens (tertiary/aromatic N) is 2. The van der Waals surface area contributed by atoms with Crippen molar-refractivity contribution in [1.82, 2.24) is 10.5 Å². The lowest BCUT2D eigenvalue weighted by atomic mass is 9.96. The number of aromatic nitrogens is 1. The number of hydrogen-bond donors (Lipinski definition) is 3. The molecule has 3 N–H and O–H groups in total. The molecule has 14 heavy (non-hydrogen) atoms. The van der Waals surface area contributed by atoms with E-state index in [1.165, 1.54) is 0 Å². The number of nitrogens with one attached hydrogen (secondary N) is 1. The van der Waals surface area contributed by atoms with E-state index in [-0.39, 0.29) is 5.71 Å². The molecule has 1 aromatic rings. The first-order valence-corrected chi connectivity index (χ1v) is 4.17. The fourth-order valence-electron chi connectivity index (χ4n) is 1.05. The van der Waals surface area contributed by atoms with Crippen LogP contribution in [-0.2, 0) is 0 Å². The smallest absolute Gasteiger partial charge is 0.127 e. The number of hydrogen-bond acceptors (Lipinski definition) is 5. The van der Waals surface area contributed by atoms with Crippen LogP contribution < -0.4 is 5.48 Å². The predicted octanol–water partition coefficient (Wildman–Crippen LogP) is 1.02. The predicted molar refractivity (Wildman–Crippen MR) is 51.6 cm³/mol. The van der Waals surface area contributed by atoms with Gasteiger partial charge in [0.1, 0.15) is 5.71 Å². The summed E-state index contributed by atoms with van der Waals surface area (Å²) >= 11 is 0. The van der Waals surface area contributed by atoms with Gasteiger partial charge in [-0.25, -0.2) is 0 Å². The van der Waals surface area contributed by atoms with Crippen molar-refractivity contribution in [2.75, 3.05) is 0 Å². The Kier molecular flexibility index (Phi) is 3.16. The van der Waals surface area contributed by atoms with Gasteiger partial charge in [-0.05, 0) is 26.0 Å². The fourth-order valence-corrected chi connectivity index (χ4v) is 1.05. The Labute approximate surface area is 82.1 Å². The molecular weight excluding hydrogens is 182 g/mol. The van der Waals surface area contributed by atoms with Crippen LogP contribution in [0.15, 0.2) is 29.6 Å². The molecule has 1 aromatic heterocycles. The minimum atomic E-state index is -0.844. The lowest BCUT2D eigenvalue weighted by Crippen LogP contribution is -2.45. The van der Waals surface area contributed by atoms with E-state index in [0.717, 1.165) is 0 Å². The van der Waals surface area contributed by atoms with Crippen LogP contribution in [0.5, 0.6) is 0 Å². The maximum Gasteiger partial charge on any atom is 0.127 e. The minimum absolute atomic E-state index is 0.278. The molecule has 0 amide bonds. The molecule has 0 atom stereocenters. The summed E-state index contributed by atoms with van der Waals surface area (Å²) in [6.45, 7) is 3.35. The Hall–Kier alpha value is -1.46. The van der Waals surface area contributed by atoms with E-state index in [2.05, 4.69) is 15.6 Å². The maximum atomic E-state index is 8.89. The third-order valence-corrected chi connectivity index (χ3v) is 1.88. The van der Waals surface area contributed by atoms with E-state index >= 15 is 0 Å². The summed E-state index contributed by atoms with van der Waals surface area (Å²) in [5, 5.41) is 20.9. The largest absolute Gasteiger partial charge is 0.411 e. The van der Waals surface area contributed by atoms with Crippen molar-refractivity contribution in [2.45, 2.75) is 19.4 Å². The summed E-state index contributed by atoms with van der Waals surface area (Å²) < 4.78 is 0. The molecule has 0 aromatic carbocycles. The van der Waals surface area contributed by atoms with Crippen molar-refractivity contribution in [3.63, 3.8) is 0 Å². The van der Waals surface area contributed by atoms with Gasteiger partial charge in [-0.15, -0.1) is 0 Å². The van der Waals surface area contributed by atoms with Gasteiger partial charge in [-0.3, -0.25) is 4.98 Å². The van der Waals surface area contributed by atoms with Crippen LogP contribution >= 0.6 is 0 Å². The van der Waals surface area contributed by atoms with Crippen LogP contribution in [0.1, 0.15) is 19.5 Å². The zero-order valence-electron chi connectivity index (χ0n) is 8.10. The molecule has 0 spiro atoms. The Bertz CT molecular complexity index is 322. The van der Waals surface area contributed by atoms with Crippen molar-refractivity contribution >= 4 is 5.71 Å². The molecule has 76 valence electrons. The topological polar surface area (TPSA) is 77.7 Å². The monoisotopic (exact) mass is 195 g/mol. The highest BCUT2D eigenvalue weighted by atomic mass is 16.5. The van der Waals surface area contributed by atoms with Gasteiger partial charge in [0.05, 0.1) is 11.2 Å². The number of rotatable bonds is 3. The van der Waals surface area contributed by atoms with Crippen molar-refractivity contribution in [1.29, 1.82) is 0 Å². The van der Waals surface area contributed by atoms with Gasteiger partial charge in [0.25, 0.3) is 0 Å². The quantitative estimate of drug-likeness (QED) is 0.382. The Morgan fingerprint density at radius 2 is 2.21 bits per heavy atom. The second-order valence-electron chi connectivity index (χ2n) is 3.40. The average Bonchev–Trinajstić information content (AvgIpc) is 2.20. The molecule has 0 radical (unpaired) electrons. The molecule has 0 aliphatic rings. The molecule has 0 aliphatic heterocycles. The molecule has 1 heterocycles. The van der Waals surface area contributed by atoms with Crippen molar-refractivity contribution in [3.05, 3.63) is 30.1 Å². The second kappa shape index (κ2) is 4.17. The van der Waals surface area contributed by atoms with Gasteiger partial charge in [0, 0.05) is 6.20 Å². The minimum Gasteiger partial charge on any atom is -0.411 e. The molecule has 0 bridgehead atoms. The molecule has 1 rings (SSSR count). The lowest BCUT2D eigenvalue weighted by Gasteiger charge is -2.22. The van der Waals surface area contributed by atoms with E-state index in [1.807, 2.05) is 0 Å². The number of pyridine rings is 1. The highest BCUT2D eigenvalue weighted by Gasteiger charge is 2.27. The zero-order valence-corrected chi connectivity index (χ0v) is 8.10. The highest BCUT2D eigenvalue weighted by molar-refractivity contribution is 6.04. The van der Waals surface area contributed by atoms with E-state index in [9.17, 15) is 0 Å². The van der Waals surface area contributed by atoms with Gasteiger partial charge in [-0.1, -0.05) is 11.2 Å². The van der Waals surface area contributed by atoms with Crippen LogP contribution in [-0.4, -0.2) is 26.6 Å². The van der Waals surface area contributed by atoms with E-state index in [1.54, 1.807) is 38.2 Å². The molecule has 0 saturated carbocycles. The molecule has 0 unspecified atom stereocenters. The summed E-state index contributed by atoms with van der Waals surface area (Å²) in [5.74, 6) is 0. The van der Waals surface area contributed by atoms with Crippen molar-refractivity contribution in [3.8, 4) is 0 Å². The normalized spacial score (nSPS) is 12.9. The van der Waals surface area contributed by atoms with Crippen LogP contribution in [0.25, 0.3) is 0 Å². The molecule has 5 nitrogen and oxygen atoms in total. The first-order valence-electron chi connectivity index (χ1n) is 4.17. The SMILES string of the molecule is CC(C)(NO)/C(=N/O)c1ccccn1. The van der Waals surface area contributed by atoms with Gasteiger partial charge in [0.15, 0.2) is 0 Å². The summed E-state index contributed by atoms with van der Waals surface area (Å²) in [6, 6.07) is 5.24. The summed E-state index contributed by atoms with van der Waals surface area (Å²) in [5.41, 5.74) is 2.01. The maximum absolute atomic E-state index is 8.89. The lowest BCUT2D eigenvalue weighted by molar-refractivity contribution is 0.113.